The van der Waals surface area contributed by atoms with Gasteiger partial charge in [0.2, 0.25) is 0 Å². The summed E-state index contributed by atoms with van der Waals surface area (Å²) in [5, 5.41) is 0.687. The lowest BCUT2D eigenvalue weighted by Gasteiger charge is -2.01. The highest BCUT2D eigenvalue weighted by molar-refractivity contribution is 6.31. The van der Waals surface area contributed by atoms with Crippen LogP contribution < -0.4 is 4.74 Å². The standard InChI is InChI=1S/C9H7ClO2/c1-5-6-4-9(11)12-8(6)3-2-7(5)10/h2-3H,4H2,1H3. The zero-order valence-corrected chi connectivity index (χ0v) is 7.31. The SMILES string of the molecule is Cc1c(Cl)ccc2c1CC(=O)O2. The maximum Gasteiger partial charge on any atom is 0.315 e. The van der Waals surface area contributed by atoms with Crippen molar-refractivity contribution >= 4 is 17.6 Å². The second-order valence-electron chi connectivity index (χ2n) is 2.80. The molecule has 0 unspecified atom stereocenters. The number of carbonyl (C=O) groups is 1. The van der Waals surface area contributed by atoms with Crippen molar-refractivity contribution in [1.29, 1.82) is 0 Å². The molecule has 3 heteroatoms. The van der Waals surface area contributed by atoms with Gasteiger partial charge in [0, 0.05) is 10.6 Å². The Bertz CT molecular complexity index is 358. The van der Waals surface area contributed by atoms with Crippen LogP contribution in [0.1, 0.15) is 11.1 Å². The Morgan fingerprint density at radius 2 is 2.25 bits per heavy atom. The van der Waals surface area contributed by atoms with Crippen LogP contribution in [-0.4, -0.2) is 5.97 Å². The van der Waals surface area contributed by atoms with Crippen LogP contribution in [0.5, 0.6) is 5.75 Å². The fourth-order valence-electron chi connectivity index (χ4n) is 1.32. The van der Waals surface area contributed by atoms with E-state index in [2.05, 4.69) is 0 Å². The molecule has 0 aliphatic carbocycles. The van der Waals surface area contributed by atoms with Crippen molar-refractivity contribution in [2.75, 3.05) is 0 Å². The number of ether oxygens (including phenoxy) is 1. The number of halogens is 1. The quantitative estimate of drug-likeness (QED) is 0.454. The third-order valence-electron chi connectivity index (χ3n) is 2.03. The number of hydrogen-bond donors (Lipinski definition) is 0. The highest BCUT2D eigenvalue weighted by Gasteiger charge is 2.22. The van der Waals surface area contributed by atoms with Crippen molar-refractivity contribution in [2.45, 2.75) is 13.3 Å². The summed E-state index contributed by atoms with van der Waals surface area (Å²) in [7, 11) is 0. The largest absolute Gasteiger partial charge is 0.426 e. The summed E-state index contributed by atoms with van der Waals surface area (Å²) in [6.45, 7) is 1.89. The third-order valence-corrected chi connectivity index (χ3v) is 2.44. The molecule has 62 valence electrons. The average molecular weight is 183 g/mol. The van der Waals surface area contributed by atoms with E-state index >= 15 is 0 Å². The van der Waals surface area contributed by atoms with Crippen LogP contribution in [0.25, 0.3) is 0 Å². The van der Waals surface area contributed by atoms with E-state index < -0.39 is 0 Å². The van der Waals surface area contributed by atoms with E-state index in [1.165, 1.54) is 0 Å². The van der Waals surface area contributed by atoms with Gasteiger partial charge >= 0.3 is 5.97 Å². The maximum atomic E-state index is 10.9. The van der Waals surface area contributed by atoms with Crippen LogP contribution >= 0.6 is 11.6 Å². The molecule has 1 aliphatic heterocycles. The van der Waals surface area contributed by atoms with E-state index in [0.717, 1.165) is 11.1 Å². The molecule has 0 bridgehead atoms. The van der Waals surface area contributed by atoms with Gasteiger partial charge in [-0.05, 0) is 24.6 Å². The highest BCUT2D eigenvalue weighted by atomic mass is 35.5. The minimum Gasteiger partial charge on any atom is -0.426 e. The Balaban J connectivity index is 2.61. The van der Waals surface area contributed by atoms with Crippen LogP contribution in [0.4, 0.5) is 0 Å². The van der Waals surface area contributed by atoms with Gasteiger partial charge in [0.15, 0.2) is 0 Å². The molecule has 0 aromatic heterocycles. The number of esters is 1. The summed E-state index contributed by atoms with van der Waals surface area (Å²) >= 11 is 5.87. The van der Waals surface area contributed by atoms with Crippen molar-refractivity contribution in [3.8, 4) is 5.75 Å². The lowest BCUT2D eigenvalue weighted by atomic mass is 10.1. The molecule has 12 heavy (non-hydrogen) atoms. The van der Waals surface area contributed by atoms with Crippen molar-refractivity contribution in [3.63, 3.8) is 0 Å². The van der Waals surface area contributed by atoms with Gasteiger partial charge in [-0.2, -0.15) is 0 Å². The topological polar surface area (TPSA) is 26.3 Å². The average Bonchev–Trinajstić information content (AvgIpc) is 2.39. The first-order chi connectivity index (χ1) is 5.68. The zero-order chi connectivity index (χ0) is 8.72. The van der Waals surface area contributed by atoms with Crippen LogP contribution in [-0.2, 0) is 11.2 Å². The smallest absolute Gasteiger partial charge is 0.315 e. The minimum atomic E-state index is -0.199. The van der Waals surface area contributed by atoms with Gasteiger partial charge in [-0.1, -0.05) is 11.6 Å². The minimum absolute atomic E-state index is 0.199. The molecule has 1 heterocycles. The zero-order valence-electron chi connectivity index (χ0n) is 6.56. The molecular weight excluding hydrogens is 176 g/mol. The van der Waals surface area contributed by atoms with E-state index in [4.69, 9.17) is 16.3 Å². The fourth-order valence-corrected chi connectivity index (χ4v) is 1.50. The van der Waals surface area contributed by atoms with Crippen LogP contribution in [0.3, 0.4) is 0 Å². The van der Waals surface area contributed by atoms with Gasteiger partial charge in [-0.15, -0.1) is 0 Å². The monoisotopic (exact) mass is 182 g/mol. The number of fused-ring (bicyclic) bond motifs is 1. The molecule has 2 nitrogen and oxygen atoms in total. The molecule has 0 fully saturated rings. The molecule has 2 rings (SSSR count). The predicted octanol–water partition coefficient (Wildman–Crippen LogP) is 2.11. The molecule has 1 aromatic rings. The van der Waals surface area contributed by atoms with Crippen molar-refractivity contribution in [2.24, 2.45) is 0 Å². The maximum absolute atomic E-state index is 10.9. The van der Waals surface area contributed by atoms with Crippen molar-refractivity contribution in [1.82, 2.24) is 0 Å². The van der Waals surface area contributed by atoms with Gasteiger partial charge in [0.25, 0.3) is 0 Å². The van der Waals surface area contributed by atoms with Gasteiger partial charge in [0.1, 0.15) is 5.75 Å². The Hall–Kier alpha value is -1.02. The van der Waals surface area contributed by atoms with E-state index in [1.807, 2.05) is 6.92 Å². The normalized spacial score (nSPS) is 14.3. The molecule has 0 atom stereocenters. The molecule has 0 spiro atoms. The first kappa shape index (κ1) is 7.62. The summed E-state index contributed by atoms with van der Waals surface area (Å²) in [5.74, 6) is 0.456. The van der Waals surface area contributed by atoms with E-state index in [1.54, 1.807) is 12.1 Å². The highest BCUT2D eigenvalue weighted by Crippen LogP contribution is 2.32. The van der Waals surface area contributed by atoms with E-state index in [9.17, 15) is 4.79 Å². The first-order valence-electron chi connectivity index (χ1n) is 3.67. The third kappa shape index (κ3) is 0.994. The van der Waals surface area contributed by atoms with E-state index in [-0.39, 0.29) is 5.97 Å². The van der Waals surface area contributed by atoms with Crippen molar-refractivity contribution in [3.05, 3.63) is 28.3 Å². The van der Waals surface area contributed by atoms with Crippen LogP contribution in [0, 0.1) is 6.92 Å². The van der Waals surface area contributed by atoms with Gasteiger partial charge < -0.3 is 4.74 Å². The first-order valence-corrected chi connectivity index (χ1v) is 4.05. The Morgan fingerprint density at radius 3 is 3.00 bits per heavy atom. The Labute approximate surface area is 75.1 Å². The number of rotatable bonds is 0. The molecule has 0 amide bonds. The molecule has 1 aliphatic rings. The number of hydrogen-bond acceptors (Lipinski definition) is 2. The second kappa shape index (κ2) is 2.49. The molecule has 0 radical (unpaired) electrons. The summed E-state index contributed by atoms with van der Waals surface area (Å²) in [6, 6.07) is 3.48. The Morgan fingerprint density at radius 1 is 1.50 bits per heavy atom. The Kier molecular flexibility index (Phi) is 1.58. The number of carbonyl (C=O) groups excluding carboxylic acids is 1. The lowest BCUT2D eigenvalue weighted by Crippen LogP contribution is -2.00. The van der Waals surface area contributed by atoms with Crippen LogP contribution in [0.2, 0.25) is 5.02 Å². The van der Waals surface area contributed by atoms with Crippen LogP contribution in [0.15, 0.2) is 12.1 Å². The van der Waals surface area contributed by atoms with Gasteiger partial charge in [0.05, 0.1) is 6.42 Å². The summed E-state index contributed by atoms with van der Waals surface area (Å²) < 4.78 is 4.95. The molecule has 0 saturated heterocycles. The second-order valence-corrected chi connectivity index (χ2v) is 3.21. The molecule has 1 aromatic carbocycles. The summed E-state index contributed by atoms with van der Waals surface area (Å²) in [4.78, 5) is 10.9. The fraction of sp³-hybridized carbons (Fsp3) is 0.222. The van der Waals surface area contributed by atoms with Crippen molar-refractivity contribution < 1.29 is 9.53 Å². The molecule has 0 saturated carbocycles. The summed E-state index contributed by atoms with van der Waals surface area (Å²) in [5.41, 5.74) is 1.87. The molecular formula is C9H7ClO2. The van der Waals surface area contributed by atoms with Gasteiger partial charge in [-0.3, -0.25) is 4.79 Å². The predicted molar refractivity (Wildman–Crippen MR) is 45.5 cm³/mol. The van der Waals surface area contributed by atoms with E-state index in [0.29, 0.717) is 17.2 Å². The molecule has 0 N–H and O–H groups in total. The summed E-state index contributed by atoms with van der Waals surface area (Å²) in [6.07, 6.45) is 0.349. The lowest BCUT2D eigenvalue weighted by molar-refractivity contribution is -0.131. The number of benzene rings is 1. The van der Waals surface area contributed by atoms with Gasteiger partial charge in [-0.25, -0.2) is 0 Å².